The van der Waals surface area contributed by atoms with Crippen LogP contribution in [-0.2, 0) is 0 Å². The normalized spacial score (nSPS) is 18.6. The molecule has 0 spiro atoms. The van der Waals surface area contributed by atoms with E-state index in [1.54, 1.807) is 0 Å². The summed E-state index contributed by atoms with van der Waals surface area (Å²) in [5.74, 6) is -0.0931. The standard InChI is InChI=1S/C23H29N5O/c1-16(13-19(15-24-2)28-11-4-3-5-12-28)17-9-10-21-20(14-17)22(27-26-21)23(29)25-18-7-6-8-18/h9-10,13-15,18H,2-8,11-12H2,1H3,(H,25,29)(H,26,27)/b16-13+,19-15+. The van der Waals surface area contributed by atoms with E-state index in [1.165, 1.54) is 25.7 Å². The third-order valence-corrected chi connectivity index (χ3v) is 5.98. The Kier molecular flexibility index (Phi) is 5.79. The summed E-state index contributed by atoms with van der Waals surface area (Å²) in [5.41, 5.74) is 4.64. The van der Waals surface area contributed by atoms with Crippen molar-refractivity contribution in [3.63, 3.8) is 0 Å². The highest BCUT2D eigenvalue weighted by atomic mass is 16.2. The van der Waals surface area contributed by atoms with Crippen LogP contribution in [0.15, 0.2) is 41.2 Å². The molecule has 1 aliphatic heterocycles. The highest BCUT2D eigenvalue weighted by Crippen LogP contribution is 2.26. The number of nitrogens with one attached hydrogen (secondary N) is 2. The van der Waals surface area contributed by atoms with Gasteiger partial charge < -0.3 is 10.2 Å². The van der Waals surface area contributed by atoms with Crippen molar-refractivity contribution in [1.82, 2.24) is 20.4 Å². The molecule has 1 aromatic carbocycles. The SMILES string of the molecule is C=N/C=C(\C=C(/C)c1ccc2[nH]nc(C(=O)NC3CCC3)c2c1)N1CCCCC1. The zero-order valence-electron chi connectivity index (χ0n) is 17.1. The molecule has 6 heteroatoms. The molecule has 2 aromatic rings. The van der Waals surface area contributed by atoms with Crippen LogP contribution in [0, 0.1) is 0 Å². The van der Waals surface area contributed by atoms with Gasteiger partial charge in [-0.2, -0.15) is 5.10 Å². The molecule has 6 nitrogen and oxygen atoms in total. The molecular weight excluding hydrogens is 362 g/mol. The van der Waals surface area contributed by atoms with Gasteiger partial charge in [-0.25, -0.2) is 0 Å². The molecule has 1 saturated carbocycles. The van der Waals surface area contributed by atoms with Crippen LogP contribution in [0.3, 0.4) is 0 Å². The molecule has 2 N–H and O–H groups in total. The first-order valence-electron chi connectivity index (χ1n) is 10.5. The van der Waals surface area contributed by atoms with Crippen LogP contribution in [0.2, 0.25) is 0 Å². The van der Waals surface area contributed by atoms with Crippen molar-refractivity contribution >= 4 is 29.1 Å². The number of nitrogens with zero attached hydrogens (tertiary/aromatic N) is 3. The van der Waals surface area contributed by atoms with Crippen molar-refractivity contribution < 1.29 is 4.79 Å². The second-order valence-corrected chi connectivity index (χ2v) is 8.05. The molecule has 1 amide bonds. The van der Waals surface area contributed by atoms with Gasteiger partial charge in [0.2, 0.25) is 0 Å². The minimum atomic E-state index is -0.0931. The van der Waals surface area contributed by atoms with Gasteiger partial charge in [0.25, 0.3) is 5.91 Å². The predicted molar refractivity (Wildman–Crippen MR) is 118 cm³/mol. The number of allylic oxidation sites excluding steroid dienone is 2. The van der Waals surface area contributed by atoms with Gasteiger partial charge in [0, 0.05) is 30.7 Å². The van der Waals surface area contributed by atoms with Gasteiger partial charge in [-0.15, -0.1) is 0 Å². The second kappa shape index (κ2) is 8.64. The first kappa shape index (κ1) is 19.4. The summed E-state index contributed by atoms with van der Waals surface area (Å²) in [7, 11) is 0. The van der Waals surface area contributed by atoms with E-state index in [2.05, 4.69) is 57.3 Å². The number of aliphatic imine (C=N–C) groups is 1. The van der Waals surface area contributed by atoms with Crippen molar-refractivity contribution in [2.75, 3.05) is 13.1 Å². The Labute approximate surface area is 171 Å². The second-order valence-electron chi connectivity index (χ2n) is 8.05. The average molecular weight is 392 g/mol. The van der Waals surface area contributed by atoms with E-state index in [-0.39, 0.29) is 5.91 Å². The lowest BCUT2D eigenvalue weighted by atomic mass is 9.93. The summed E-state index contributed by atoms with van der Waals surface area (Å²) in [6.07, 6.45) is 11.0. The first-order valence-corrected chi connectivity index (χ1v) is 10.5. The quantitative estimate of drug-likeness (QED) is 0.570. The lowest BCUT2D eigenvalue weighted by molar-refractivity contribution is 0.0913. The number of piperidine rings is 1. The minimum absolute atomic E-state index is 0.0931. The summed E-state index contributed by atoms with van der Waals surface area (Å²) >= 11 is 0. The van der Waals surface area contributed by atoms with Crippen molar-refractivity contribution in [3.8, 4) is 0 Å². The van der Waals surface area contributed by atoms with E-state index in [0.717, 1.165) is 53.7 Å². The zero-order chi connectivity index (χ0) is 20.2. The Morgan fingerprint density at radius 2 is 2.07 bits per heavy atom. The fourth-order valence-corrected chi connectivity index (χ4v) is 4.00. The Morgan fingerprint density at radius 1 is 1.28 bits per heavy atom. The fourth-order valence-electron chi connectivity index (χ4n) is 4.00. The van der Waals surface area contributed by atoms with Gasteiger partial charge in [-0.1, -0.05) is 6.07 Å². The molecule has 4 rings (SSSR count). The maximum atomic E-state index is 12.6. The van der Waals surface area contributed by atoms with E-state index in [9.17, 15) is 4.79 Å². The molecular formula is C23H29N5O. The average Bonchev–Trinajstić information content (AvgIpc) is 3.14. The van der Waals surface area contributed by atoms with Crippen molar-refractivity contribution in [3.05, 3.63) is 47.4 Å². The number of carbonyl (C=O) groups is 1. The topological polar surface area (TPSA) is 73.4 Å². The maximum absolute atomic E-state index is 12.6. The molecule has 1 saturated heterocycles. The molecule has 2 aliphatic rings. The number of carbonyl (C=O) groups excluding carboxylic acids is 1. The number of rotatable bonds is 6. The van der Waals surface area contributed by atoms with Crippen LogP contribution >= 0.6 is 0 Å². The summed E-state index contributed by atoms with van der Waals surface area (Å²) < 4.78 is 0. The van der Waals surface area contributed by atoms with Crippen molar-refractivity contribution in [1.29, 1.82) is 0 Å². The maximum Gasteiger partial charge on any atom is 0.272 e. The summed E-state index contributed by atoms with van der Waals surface area (Å²) in [6, 6.07) is 6.40. The Balaban J connectivity index is 1.61. The lowest BCUT2D eigenvalue weighted by Gasteiger charge is -2.29. The predicted octanol–water partition coefficient (Wildman–Crippen LogP) is 4.28. The van der Waals surface area contributed by atoms with Crippen molar-refractivity contribution in [2.24, 2.45) is 4.99 Å². The van der Waals surface area contributed by atoms with Crippen molar-refractivity contribution in [2.45, 2.75) is 51.5 Å². The third kappa shape index (κ3) is 4.26. The van der Waals surface area contributed by atoms with Gasteiger partial charge in [-0.05, 0) is 81.5 Å². The fraction of sp³-hybridized carbons (Fsp3) is 0.435. The molecule has 1 aromatic heterocycles. The number of H-pyrrole nitrogens is 1. The molecule has 152 valence electrons. The molecule has 1 aliphatic carbocycles. The Hall–Kier alpha value is -2.89. The Morgan fingerprint density at radius 3 is 2.76 bits per heavy atom. The molecule has 0 radical (unpaired) electrons. The van der Waals surface area contributed by atoms with Crippen LogP contribution in [0.1, 0.15) is 61.5 Å². The van der Waals surface area contributed by atoms with Crippen LogP contribution in [-0.4, -0.2) is 46.9 Å². The van der Waals surface area contributed by atoms with Gasteiger partial charge >= 0.3 is 0 Å². The van der Waals surface area contributed by atoms with Crippen LogP contribution in [0.4, 0.5) is 0 Å². The lowest BCUT2D eigenvalue weighted by Crippen LogP contribution is -2.39. The molecule has 0 bridgehead atoms. The van der Waals surface area contributed by atoms with Gasteiger partial charge in [-0.3, -0.25) is 14.9 Å². The van der Waals surface area contributed by atoms with Gasteiger partial charge in [0.05, 0.1) is 11.2 Å². The Bertz CT molecular complexity index is 961. The molecule has 29 heavy (non-hydrogen) atoms. The van der Waals surface area contributed by atoms with E-state index in [0.29, 0.717) is 11.7 Å². The highest BCUT2D eigenvalue weighted by Gasteiger charge is 2.23. The summed E-state index contributed by atoms with van der Waals surface area (Å²) in [5, 5.41) is 11.2. The molecule has 2 heterocycles. The molecule has 0 unspecified atom stereocenters. The van der Waals surface area contributed by atoms with Crippen LogP contribution in [0.5, 0.6) is 0 Å². The first-order chi connectivity index (χ1) is 14.2. The monoisotopic (exact) mass is 391 g/mol. The number of aromatic amines is 1. The van der Waals surface area contributed by atoms with Crippen LogP contribution < -0.4 is 5.32 Å². The van der Waals surface area contributed by atoms with Crippen LogP contribution in [0.25, 0.3) is 16.5 Å². The number of aromatic nitrogens is 2. The van der Waals surface area contributed by atoms with Gasteiger partial charge in [0.15, 0.2) is 5.69 Å². The number of hydrogen-bond acceptors (Lipinski definition) is 4. The van der Waals surface area contributed by atoms with E-state index >= 15 is 0 Å². The van der Waals surface area contributed by atoms with Gasteiger partial charge in [0.1, 0.15) is 0 Å². The number of hydrogen-bond donors (Lipinski definition) is 2. The summed E-state index contributed by atoms with van der Waals surface area (Å²) in [6.45, 7) is 7.84. The smallest absolute Gasteiger partial charge is 0.272 e. The largest absolute Gasteiger partial charge is 0.370 e. The summed E-state index contributed by atoms with van der Waals surface area (Å²) in [4.78, 5) is 19.0. The number of likely N-dealkylation sites (tertiary alicyclic amines) is 1. The minimum Gasteiger partial charge on any atom is -0.370 e. The number of amides is 1. The number of fused-ring (bicyclic) bond motifs is 1. The molecule has 2 fully saturated rings. The third-order valence-electron chi connectivity index (χ3n) is 5.98. The highest BCUT2D eigenvalue weighted by molar-refractivity contribution is 6.05. The van der Waals surface area contributed by atoms with E-state index in [1.807, 2.05) is 12.3 Å². The zero-order valence-corrected chi connectivity index (χ0v) is 17.1. The molecule has 0 atom stereocenters. The van der Waals surface area contributed by atoms with E-state index in [4.69, 9.17) is 0 Å². The number of benzene rings is 1. The van der Waals surface area contributed by atoms with E-state index < -0.39 is 0 Å².